The number of carbonyl (C=O) groups is 2. The highest BCUT2D eigenvalue weighted by Gasteiger charge is 2.16. The van der Waals surface area contributed by atoms with Gasteiger partial charge in [-0.25, -0.2) is 0 Å². The first-order valence-corrected chi connectivity index (χ1v) is 17.6. The van der Waals surface area contributed by atoms with Crippen molar-refractivity contribution in [2.45, 2.75) is 200 Å². The molecule has 0 bridgehead atoms. The average molecular weight is 569 g/mol. The number of hydrogen-bond donors (Lipinski definition) is 1. The van der Waals surface area contributed by atoms with Gasteiger partial charge in [0.2, 0.25) is 0 Å². The Morgan fingerprint density at radius 1 is 0.475 bits per heavy atom. The molecule has 0 fully saturated rings. The van der Waals surface area contributed by atoms with Crippen LogP contribution in [-0.2, 0) is 19.1 Å². The monoisotopic (exact) mass is 569 g/mol. The number of hydrogen-bond acceptors (Lipinski definition) is 5. The van der Waals surface area contributed by atoms with Gasteiger partial charge >= 0.3 is 11.9 Å². The lowest BCUT2D eigenvalue weighted by atomic mass is 10.0. The van der Waals surface area contributed by atoms with Crippen molar-refractivity contribution in [3.05, 3.63) is 0 Å². The zero-order chi connectivity index (χ0) is 29.4. The van der Waals surface area contributed by atoms with Gasteiger partial charge in [-0.15, -0.1) is 0 Å². The van der Waals surface area contributed by atoms with E-state index in [1.165, 1.54) is 128 Å². The van der Waals surface area contributed by atoms with E-state index in [0.29, 0.717) is 12.8 Å². The van der Waals surface area contributed by atoms with Gasteiger partial charge < -0.3 is 14.6 Å². The van der Waals surface area contributed by atoms with Gasteiger partial charge in [-0.3, -0.25) is 9.59 Å². The lowest BCUT2D eigenvalue weighted by molar-refractivity contribution is -0.161. The summed E-state index contributed by atoms with van der Waals surface area (Å²) < 4.78 is 10.5. The van der Waals surface area contributed by atoms with E-state index in [-0.39, 0.29) is 25.2 Å². The molecule has 0 radical (unpaired) electrons. The summed E-state index contributed by atoms with van der Waals surface area (Å²) in [5.74, 6) is -0.583. The first kappa shape index (κ1) is 38.9. The van der Waals surface area contributed by atoms with Crippen LogP contribution in [0.1, 0.15) is 194 Å². The van der Waals surface area contributed by atoms with E-state index in [4.69, 9.17) is 9.47 Å². The summed E-state index contributed by atoms with van der Waals surface area (Å²) in [5.41, 5.74) is 0. The third-order valence-corrected chi connectivity index (χ3v) is 7.90. The van der Waals surface area contributed by atoms with Crippen LogP contribution in [0.25, 0.3) is 0 Å². The Morgan fingerprint density at radius 2 is 0.775 bits per heavy atom. The molecule has 0 aromatic rings. The summed E-state index contributed by atoms with van der Waals surface area (Å²) in [6.07, 6.45) is 33.0. The summed E-state index contributed by atoms with van der Waals surface area (Å²) in [5, 5.41) is 9.49. The summed E-state index contributed by atoms with van der Waals surface area (Å²) >= 11 is 0. The molecule has 0 aromatic heterocycles. The molecule has 0 aliphatic carbocycles. The Balaban J connectivity index is 3.49. The van der Waals surface area contributed by atoms with Gasteiger partial charge in [0.25, 0.3) is 0 Å². The van der Waals surface area contributed by atoms with Crippen LogP contribution in [0, 0.1) is 0 Å². The highest BCUT2D eigenvalue weighted by atomic mass is 16.6. The van der Waals surface area contributed by atoms with Crippen LogP contribution in [0.4, 0.5) is 0 Å². The largest absolute Gasteiger partial charge is 0.462 e. The van der Waals surface area contributed by atoms with Crippen molar-refractivity contribution in [1.29, 1.82) is 0 Å². The lowest BCUT2D eigenvalue weighted by Crippen LogP contribution is -2.28. The van der Waals surface area contributed by atoms with Gasteiger partial charge in [-0.2, -0.15) is 0 Å². The number of rotatable bonds is 32. The molecule has 0 aliphatic rings. The maximum Gasteiger partial charge on any atom is 0.306 e. The molecule has 40 heavy (non-hydrogen) atoms. The van der Waals surface area contributed by atoms with E-state index in [9.17, 15) is 14.7 Å². The highest BCUT2D eigenvalue weighted by Crippen LogP contribution is 2.15. The van der Waals surface area contributed by atoms with Crippen molar-refractivity contribution in [3.8, 4) is 0 Å². The molecule has 1 N–H and O–H groups in total. The van der Waals surface area contributed by atoms with Gasteiger partial charge in [-0.05, 0) is 12.8 Å². The predicted octanol–water partition coefficient (Wildman–Crippen LogP) is 10.4. The molecule has 0 heterocycles. The molecule has 0 spiro atoms. The molecule has 0 aromatic carbocycles. The molecule has 0 aliphatic heterocycles. The molecule has 0 saturated carbocycles. The molecule has 0 amide bonds. The Labute approximate surface area is 248 Å². The van der Waals surface area contributed by atoms with Crippen molar-refractivity contribution in [3.63, 3.8) is 0 Å². The topological polar surface area (TPSA) is 72.8 Å². The van der Waals surface area contributed by atoms with Crippen molar-refractivity contribution >= 4 is 11.9 Å². The van der Waals surface area contributed by atoms with Gasteiger partial charge in [0.05, 0.1) is 6.61 Å². The number of ether oxygens (including phenoxy) is 2. The van der Waals surface area contributed by atoms with Crippen LogP contribution >= 0.6 is 0 Å². The second-order valence-electron chi connectivity index (χ2n) is 12.0. The highest BCUT2D eigenvalue weighted by molar-refractivity contribution is 5.70. The third kappa shape index (κ3) is 29.9. The number of unbranched alkanes of at least 4 members (excludes halogenated alkanes) is 24. The summed E-state index contributed by atoms with van der Waals surface area (Å²) in [6.45, 7) is 4.12. The van der Waals surface area contributed by atoms with Crippen LogP contribution in [0.2, 0.25) is 0 Å². The first-order valence-electron chi connectivity index (χ1n) is 17.6. The van der Waals surface area contributed by atoms with Crippen LogP contribution in [0.3, 0.4) is 0 Å². The van der Waals surface area contributed by atoms with E-state index >= 15 is 0 Å². The zero-order valence-electron chi connectivity index (χ0n) is 26.9. The predicted molar refractivity (Wildman–Crippen MR) is 169 cm³/mol. The minimum Gasteiger partial charge on any atom is -0.462 e. The quantitative estimate of drug-likeness (QED) is 0.0645. The van der Waals surface area contributed by atoms with Gasteiger partial charge in [-0.1, -0.05) is 168 Å². The molecule has 1 atom stereocenters. The molecular formula is C35H68O5. The number of carbonyl (C=O) groups excluding carboxylic acids is 2. The number of aliphatic hydroxyl groups is 1. The number of esters is 2. The van der Waals surface area contributed by atoms with E-state index in [2.05, 4.69) is 13.8 Å². The van der Waals surface area contributed by atoms with Gasteiger partial charge in [0, 0.05) is 12.8 Å². The van der Waals surface area contributed by atoms with Crippen LogP contribution < -0.4 is 0 Å². The zero-order valence-corrected chi connectivity index (χ0v) is 26.9. The fourth-order valence-corrected chi connectivity index (χ4v) is 5.20. The van der Waals surface area contributed by atoms with E-state index in [1.807, 2.05) is 0 Å². The molecule has 238 valence electrons. The molecule has 0 unspecified atom stereocenters. The summed E-state index contributed by atoms with van der Waals surface area (Å²) in [7, 11) is 0. The van der Waals surface area contributed by atoms with E-state index in [1.54, 1.807) is 0 Å². The van der Waals surface area contributed by atoms with Crippen LogP contribution in [0.15, 0.2) is 0 Å². The lowest BCUT2D eigenvalue weighted by Gasteiger charge is -2.15. The van der Waals surface area contributed by atoms with Crippen molar-refractivity contribution in [2.75, 3.05) is 13.2 Å². The Bertz CT molecular complexity index is 536. The van der Waals surface area contributed by atoms with Crippen molar-refractivity contribution in [2.24, 2.45) is 0 Å². The van der Waals surface area contributed by atoms with Gasteiger partial charge in [0.15, 0.2) is 6.10 Å². The summed E-state index contributed by atoms with van der Waals surface area (Å²) in [4.78, 5) is 24.1. The standard InChI is InChI=1S/C35H68O5/c1-3-5-7-9-11-13-14-15-16-17-18-19-20-22-24-26-28-30-35(38)40-33(31-36)32-39-34(37)29-27-25-23-21-12-10-8-6-4-2/h33,36H,3-32H2,1-2H3/t33-/m0/s1. The van der Waals surface area contributed by atoms with Crippen LogP contribution in [0.5, 0.6) is 0 Å². The fourth-order valence-electron chi connectivity index (χ4n) is 5.20. The maximum atomic E-state index is 12.1. The molecular weight excluding hydrogens is 500 g/mol. The van der Waals surface area contributed by atoms with Crippen LogP contribution in [-0.4, -0.2) is 36.4 Å². The van der Waals surface area contributed by atoms with E-state index < -0.39 is 6.10 Å². The Morgan fingerprint density at radius 3 is 1.10 bits per heavy atom. The Hall–Kier alpha value is -1.10. The first-order chi connectivity index (χ1) is 19.6. The average Bonchev–Trinajstić information content (AvgIpc) is 2.96. The normalized spacial score (nSPS) is 12.0. The molecule has 5 heteroatoms. The molecule has 0 saturated heterocycles. The number of aliphatic hydroxyl groups excluding tert-OH is 1. The Kier molecular flexibility index (Phi) is 31.5. The molecule has 5 nitrogen and oxygen atoms in total. The second-order valence-corrected chi connectivity index (χ2v) is 12.0. The molecule has 0 rings (SSSR count). The van der Waals surface area contributed by atoms with Gasteiger partial charge in [0.1, 0.15) is 6.61 Å². The minimum atomic E-state index is -0.759. The fraction of sp³-hybridized carbons (Fsp3) is 0.943. The SMILES string of the molecule is CCCCCCCCCCCCCCCCCCCC(=O)O[C@@H](CO)COC(=O)CCCCCCCCCCC. The minimum absolute atomic E-state index is 0.0580. The third-order valence-electron chi connectivity index (χ3n) is 7.90. The van der Waals surface area contributed by atoms with E-state index in [0.717, 1.165) is 38.5 Å². The van der Waals surface area contributed by atoms with Crippen molar-refractivity contribution in [1.82, 2.24) is 0 Å². The summed E-state index contributed by atoms with van der Waals surface area (Å²) in [6, 6.07) is 0. The maximum absolute atomic E-state index is 12.1. The smallest absolute Gasteiger partial charge is 0.306 e. The second kappa shape index (κ2) is 32.4. The van der Waals surface area contributed by atoms with Crippen molar-refractivity contribution < 1.29 is 24.2 Å².